The third-order valence-electron chi connectivity index (χ3n) is 7.22. The first-order valence-corrected chi connectivity index (χ1v) is 12.1. The second kappa shape index (κ2) is 9.76. The fourth-order valence-electron chi connectivity index (χ4n) is 5.36. The largest absolute Gasteiger partial charge is 0.493 e. The number of ether oxygens (including phenoxy) is 2. The highest BCUT2D eigenvalue weighted by atomic mass is 19.3. The van der Waals surface area contributed by atoms with Crippen LogP contribution in [0.4, 0.5) is 13.2 Å². The zero-order valence-electron chi connectivity index (χ0n) is 20.8. The molecule has 6 nitrogen and oxygen atoms in total. The number of alkyl halides is 3. The molecule has 1 fully saturated rings. The van der Waals surface area contributed by atoms with Gasteiger partial charge in [0.05, 0.1) is 25.2 Å². The maximum absolute atomic E-state index is 13.8. The number of methoxy groups -OCH3 is 1. The van der Waals surface area contributed by atoms with Crippen LogP contribution < -0.4 is 9.47 Å². The van der Waals surface area contributed by atoms with Crippen molar-refractivity contribution in [2.24, 2.45) is 0 Å². The van der Waals surface area contributed by atoms with E-state index in [2.05, 4.69) is 4.90 Å². The van der Waals surface area contributed by atoms with Crippen LogP contribution in [0.5, 0.6) is 11.5 Å². The fraction of sp³-hybridized carbons (Fsp3) is 0.577. The number of carbonyl (C=O) groups excluding carboxylic acids is 1. The van der Waals surface area contributed by atoms with E-state index in [1.165, 1.54) is 0 Å². The molecule has 0 atom stereocenters. The van der Waals surface area contributed by atoms with Crippen LogP contribution in [-0.4, -0.2) is 72.8 Å². The smallest absolute Gasteiger partial charge is 0.281 e. The van der Waals surface area contributed by atoms with Crippen LogP contribution in [0.25, 0.3) is 0 Å². The lowest BCUT2D eigenvalue weighted by Gasteiger charge is -2.50. The molecule has 0 saturated carbocycles. The van der Waals surface area contributed by atoms with Crippen molar-refractivity contribution in [3.05, 3.63) is 47.3 Å². The molecule has 0 N–H and O–H groups in total. The molecule has 3 heterocycles. The van der Waals surface area contributed by atoms with Gasteiger partial charge in [-0.15, -0.1) is 0 Å². The van der Waals surface area contributed by atoms with Crippen LogP contribution >= 0.6 is 0 Å². The lowest BCUT2D eigenvalue weighted by molar-refractivity contribution is -0.0248. The molecule has 0 unspecified atom stereocenters. The second-order valence-corrected chi connectivity index (χ2v) is 9.81. The summed E-state index contributed by atoms with van der Waals surface area (Å²) in [5.74, 6) is -2.33. The predicted molar refractivity (Wildman–Crippen MR) is 127 cm³/mol. The molecule has 2 aromatic rings. The minimum Gasteiger partial charge on any atom is -0.493 e. The average Bonchev–Trinajstić information content (AvgIpc) is 3.24. The molecule has 1 aromatic heterocycles. The van der Waals surface area contributed by atoms with Crippen LogP contribution in [0.3, 0.4) is 0 Å². The normalized spacial score (nSPS) is 18.1. The van der Waals surface area contributed by atoms with Crippen LogP contribution in [0, 0.1) is 0 Å². The number of carbonyl (C=O) groups is 1. The molecular weight excluding hydrogens is 459 g/mol. The van der Waals surface area contributed by atoms with Crippen molar-refractivity contribution in [1.82, 2.24) is 14.4 Å². The van der Waals surface area contributed by atoms with Crippen molar-refractivity contribution in [3.8, 4) is 11.5 Å². The van der Waals surface area contributed by atoms with E-state index in [0.717, 1.165) is 5.69 Å². The molecule has 0 aliphatic carbocycles. The van der Waals surface area contributed by atoms with Gasteiger partial charge < -0.3 is 18.9 Å². The Bertz CT molecular complexity index is 1060. The Hall–Kier alpha value is -2.68. The first-order valence-electron chi connectivity index (χ1n) is 12.1. The van der Waals surface area contributed by atoms with Crippen LogP contribution in [0.1, 0.15) is 48.4 Å². The van der Waals surface area contributed by atoms with E-state index < -0.39 is 19.0 Å². The molecule has 9 heteroatoms. The second-order valence-electron chi connectivity index (χ2n) is 9.81. The van der Waals surface area contributed by atoms with Gasteiger partial charge in [-0.1, -0.05) is 0 Å². The summed E-state index contributed by atoms with van der Waals surface area (Å²) in [6.45, 7) is 4.56. The lowest BCUT2D eigenvalue weighted by Crippen LogP contribution is -2.56. The Labute approximate surface area is 204 Å². The predicted octanol–water partition coefficient (Wildman–Crippen LogP) is 4.51. The van der Waals surface area contributed by atoms with E-state index in [9.17, 15) is 18.0 Å². The lowest BCUT2D eigenvalue weighted by atomic mass is 9.81. The number of rotatable bonds is 7. The van der Waals surface area contributed by atoms with Gasteiger partial charge in [0.2, 0.25) is 0 Å². The average molecular weight is 494 g/mol. The van der Waals surface area contributed by atoms with Gasteiger partial charge in [0, 0.05) is 43.1 Å². The van der Waals surface area contributed by atoms with E-state index in [1.54, 1.807) is 31.4 Å². The number of likely N-dealkylation sites (tertiary alicyclic amines) is 1. The quantitative estimate of drug-likeness (QED) is 0.570. The monoisotopic (exact) mass is 493 g/mol. The van der Waals surface area contributed by atoms with E-state index in [4.69, 9.17) is 9.47 Å². The third-order valence-corrected chi connectivity index (χ3v) is 7.22. The number of nitrogens with zero attached hydrogens (tertiary/aromatic N) is 3. The summed E-state index contributed by atoms with van der Waals surface area (Å²) < 4.78 is 53.4. The molecule has 35 heavy (non-hydrogen) atoms. The number of fused-ring (bicyclic) bond motifs is 2. The first kappa shape index (κ1) is 25.4. The van der Waals surface area contributed by atoms with Gasteiger partial charge >= 0.3 is 0 Å². The standard InChI is InChI=1S/C26H34F3N3O3/c1-18(2)35-21-7-5-19(15-22(21)34-4)24(33)31-11-9-25(10-12-31)23-8-6-20(16-26(28,29)17-27)32(23)14-13-30(25)3/h5-8,15,18H,9-14,16-17H2,1-4H3. The number of hydrogen-bond acceptors (Lipinski definition) is 4. The van der Waals surface area contributed by atoms with Gasteiger partial charge in [-0.2, -0.15) is 0 Å². The summed E-state index contributed by atoms with van der Waals surface area (Å²) in [7, 11) is 3.59. The molecule has 4 rings (SSSR count). The van der Waals surface area contributed by atoms with E-state index in [1.807, 2.05) is 36.4 Å². The Kier molecular flexibility index (Phi) is 7.09. The van der Waals surface area contributed by atoms with E-state index >= 15 is 0 Å². The third kappa shape index (κ3) is 4.87. The maximum Gasteiger partial charge on any atom is 0.281 e. The van der Waals surface area contributed by atoms with Crippen molar-refractivity contribution in [1.29, 1.82) is 0 Å². The highest BCUT2D eigenvalue weighted by Crippen LogP contribution is 2.42. The number of halogens is 3. The Balaban J connectivity index is 1.51. The summed E-state index contributed by atoms with van der Waals surface area (Å²) in [5.41, 5.74) is 1.62. The molecule has 1 saturated heterocycles. The highest BCUT2D eigenvalue weighted by molar-refractivity contribution is 5.95. The summed E-state index contributed by atoms with van der Waals surface area (Å²) in [5, 5.41) is 0. The van der Waals surface area contributed by atoms with Gasteiger partial charge in [0.25, 0.3) is 11.8 Å². The zero-order valence-corrected chi connectivity index (χ0v) is 20.8. The van der Waals surface area contributed by atoms with E-state index in [-0.39, 0.29) is 17.6 Å². The van der Waals surface area contributed by atoms with Crippen LogP contribution in [0.2, 0.25) is 0 Å². The van der Waals surface area contributed by atoms with Crippen LogP contribution in [0.15, 0.2) is 30.3 Å². The zero-order chi connectivity index (χ0) is 25.4. The number of amides is 1. The number of piperidine rings is 1. The molecule has 2 aliphatic heterocycles. The number of aromatic nitrogens is 1. The van der Waals surface area contributed by atoms with Crippen molar-refractivity contribution >= 4 is 5.91 Å². The van der Waals surface area contributed by atoms with Gasteiger partial charge in [0.1, 0.15) is 0 Å². The van der Waals surface area contributed by atoms with Gasteiger partial charge in [-0.25, -0.2) is 13.2 Å². The number of likely N-dealkylation sites (N-methyl/N-ethyl adjacent to an activating group) is 1. The molecule has 1 aromatic carbocycles. The van der Waals surface area contributed by atoms with Crippen LogP contribution in [-0.2, 0) is 18.5 Å². The first-order chi connectivity index (χ1) is 16.6. The molecule has 1 amide bonds. The Morgan fingerprint density at radius 1 is 1.09 bits per heavy atom. The minimum absolute atomic E-state index is 0.0149. The molecule has 0 bridgehead atoms. The minimum atomic E-state index is -3.36. The highest BCUT2D eigenvalue weighted by Gasteiger charge is 2.45. The molecule has 1 spiro atoms. The summed E-state index contributed by atoms with van der Waals surface area (Å²) in [4.78, 5) is 17.4. The fourth-order valence-corrected chi connectivity index (χ4v) is 5.36. The summed E-state index contributed by atoms with van der Waals surface area (Å²) in [6.07, 6.45) is 0.749. The van der Waals surface area contributed by atoms with E-state index in [0.29, 0.717) is 61.8 Å². The Morgan fingerprint density at radius 2 is 1.80 bits per heavy atom. The SMILES string of the molecule is COc1cc(C(=O)N2CCC3(CC2)c2ccc(CC(F)(F)CF)n2CCN3C)ccc1OC(C)C. The van der Waals surface area contributed by atoms with Crippen molar-refractivity contribution in [2.75, 3.05) is 40.5 Å². The van der Waals surface area contributed by atoms with Gasteiger partial charge in [-0.05, 0) is 64.1 Å². The van der Waals surface area contributed by atoms with Crippen molar-refractivity contribution < 1.29 is 27.4 Å². The molecule has 2 aliphatic rings. The maximum atomic E-state index is 13.8. The molecule has 192 valence electrons. The number of benzene rings is 1. The Morgan fingerprint density at radius 3 is 2.43 bits per heavy atom. The summed E-state index contributed by atoms with van der Waals surface area (Å²) in [6, 6.07) is 8.81. The van der Waals surface area contributed by atoms with Crippen molar-refractivity contribution in [3.63, 3.8) is 0 Å². The van der Waals surface area contributed by atoms with Gasteiger partial charge in [0.15, 0.2) is 18.2 Å². The van der Waals surface area contributed by atoms with Crippen molar-refractivity contribution in [2.45, 2.75) is 57.2 Å². The molecular formula is C26H34F3N3O3. The topological polar surface area (TPSA) is 46.9 Å². The number of hydrogen-bond donors (Lipinski definition) is 0. The summed E-state index contributed by atoms with van der Waals surface area (Å²) >= 11 is 0. The molecule has 0 radical (unpaired) electrons. The van der Waals surface area contributed by atoms with Gasteiger partial charge in [-0.3, -0.25) is 9.69 Å².